The predicted molar refractivity (Wildman–Crippen MR) is 134 cm³/mol. The van der Waals surface area contributed by atoms with Crippen molar-refractivity contribution in [2.45, 2.75) is 57.0 Å². The minimum Gasteiger partial charge on any atom is -0.467 e. The highest BCUT2D eigenvalue weighted by atomic mass is 19.1. The fourth-order valence-electron chi connectivity index (χ4n) is 6.07. The van der Waals surface area contributed by atoms with E-state index in [-0.39, 0.29) is 18.0 Å². The number of alkyl halides is 1. The Morgan fingerprint density at radius 1 is 1.22 bits per heavy atom. The number of hydrogen-bond donors (Lipinski definition) is 1. The summed E-state index contributed by atoms with van der Waals surface area (Å²) in [6, 6.07) is 6.70. The first-order valence-electron chi connectivity index (χ1n) is 12.7. The standard InChI is InChI=1S/C26H33FN6O3/c1-15-6-17-10-28-33(23(17)8-21(15)20-4-5-31(11-16(2)34)13-22(20)27)25-9-24(29-26(30-25)35-3)32-12-19-7-18(32)14-36-19/h6,8-10,16,18-20,22,34H,4-5,7,11-14H2,1-3H3/t16?,18-,19-,20-,22-/m1/s1. The van der Waals surface area contributed by atoms with E-state index in [0.29, 0.717) is 38.0 Å². The van der Waals surface area contributed by atoms with Crippen LogP contribution in [0.15, 0.2) is 24.4 Å². The fourth-order valence-corrected chi connectivity index (χ4v) is 6.07. The Morgan fingerprint density at radius 3 is 2.75 bits per heavy atom. The number of rotatable bonds is 6. The quantitative estimate of drug-likeness (QED) is 0.557. The SMILES string of the molecule is COc1nc(N2C[C@H]3C[C@@H]2CO3)cc(-n2ncc3cc(C)c([C@H]4CCN(CC(C)O)C[C@H]4F)cc32)n1. The van der Waals surface area contributed by atoms with E-state index in [1.807, 2.05) is 24.1 Å². The number of halogens is 1. The predicted octanol–water partition coefficient (Wildman–Crippen LogP) is 2.62. The average molecular weight is 497 g/mol. The molecule has 5 atom stereocenters. The summed E-state index contributed by atoms with van der Waals surface area (Å²) in [5, 5.41) is 15.3. The minimum absolute atomic E-state index is 0.196. The first-order chi connectivity index (χ1) is 17.4. The molecular formula is C26H33FN6O3. The van der Waals surface area contributed by atoms with Gasteiger partial charge in [-0.3, -0.25) is 4.90 Å². The van der Waals surface area contributed by atoms with Crippen LogP contribution in [0, 0.1) is 6.92 Å². The van der Waals surface area contributed by atoms with Crippen molar-refractivity contribution in [2.75, 3.05) is 44.8 Å². The first-order valence-corrected chi connectivity index (χ1v) is 12.7. The van der Waals surface area contributed by atoms with Crippen molar-refractivity contribution in [3.05, 3.63) is 35.5 Å². The number of piperidine rings is 1. The maximum atomic E-state index is 15.4. The Hall–Kier alpha value is -2.82. The Kier molecular flexibility index (Phi) is 6.05. The highest BCUT2D eigenvalue weighted by Crippen LogP contribution is 2.36. The van der Waals surface area contributed by atoms with Crippen LogP contribution in [0.2, 0.25) is 0 Å². The summed E-state index contributed by atoms with van der Waals surface area (Å²) < 4.78 is 28.4. The molecule has 6 rings (SSSR count). The number of β-amino-alcohol motifs (C(OH)–C–C–N with tert-alkyl or cyclic N) is 1. The monoisotopic (exact) mass is 496 g/mol. The van der Waals surface area contributed by atoms with Crippen LogP contribution in [0.4, 0.5) is 10.2 Å². The molecule has 1 unspecified atom stereocenters. The van der Waals surface area contributed by atoms with Gasteiger partial charge in [-0.25, -0.2) is 9.07 Å². The Bertz CT molecular complexity index is 1270. The summed E-state index contributed by atoms with van der Waals surface area (Å²) >= 11 is 0. The second-order valence-corrected chi connectivity index (χ2v) is 10.4. The third kappa shape index (κ3) is 4.21. The number of fused-ring (bicyclic) bond motifs is 3. The maximum Gasteiger partial charge on any atom is 0.320 e. The second kappa shape index (κ2) is 9.24. The molecule has 3 aromatic rings. The molecule has 3 saturated heterocycles. The highest BCUT2D eigenvalue weighted by Gasteiger charge is 2.40. The number of ether oxygens (including phenoxy) is 2. The van der Waals surface area contributed by atoms with E-state index in [0.717, 1.165) is 47.4 Å². The van der Waals surface area contributed by atoms with Crippen molar-refractivity contribution in [1.29, 1.82) is 0 Å². The van der Waals surface area contributed by atoms with E-state index in [1.165, 1.54) is 0 Å². The largest absolute Gasteiger partial charge is 0.467 e. The molecule has 3 aliphatic heterocycles. The highest BCUT2D eigenvalue weighted by molar-refractivity contribution is 5.82. The number of methoxy groups -OCH3 is 1. The number of aromatic nitrogens is 4. The normalized spacial score (nSPS) is 27.2. The van der Waals surface area contributed by atoms with Crippen LogP contribution in [0.3, 0.4) is 0 Å². The van der Waals surface area contributed by atoms with Crippen LogP contribution in [-0.2, 0) is 4.74 Å². The number of aliphatic hydroxyl groups excluding tert-OH is 1. The van der Waals surface area contributed by atoms with E-state index < -0.39 is 12.3 Å². The molecule has 0 saturated carbocycles. The molecule has 0 spiro atoms. The Balaban J connectivity index is 1.35. The van der Waals surface area contributed by atoms with Crippen LogP contribution < -0.4 is 9.64 Å². The Labute approximate surface area is 209 Å². The molecule has 36 heavy (non-hydrogen) atoms. The van der Waals surface area contributed by atoms with Gasteiger partial charge in [0.1, 0.15) is 12.0 Å². The van der Waals surface area contributed by atoms with E-state index in [1.54, 1.807) is 18.7 Å². The van der Waals surface area contributed by atoms with Crippen LogP contribution >= 0.6 is 0 Å². The summed E-state index contributed by atoms with van der Waals surface area (Å²) in [7, 11) is 1.57. The molecule has 1 N–H and O–H groups in total. The van der Waals surface area contributed by atoms with Crippen molar-refractivity contribution in [3.63, 3.8) is 0 Å². The molecule has 0 aliphatic carbocycles. The van der Waals surface area contributed by atoms with Crippen molar-refractivity contribution < 1.29 is 19.0 Å². The van der Waals surface area contributed by atoms with Gasteiger partial charge in [-0.15, -0.1) is 0 Å². The lowest BCUT2D eigenvalue weighted by Gasteiger charge is -2.36. The first kappa shape index (κ1) is 23.6. The topological polar surface area (TPSA) is 88.8 Å². The number of likely N-dealkylation sites (tertiary alicyclic amines) is 1. The molecule has 0 radical (unpaired) electrons. The molecule has 1 aromatic carbocycles. The smallest absolute Gasteiger partial charge is 0.320 e. The molecule has 192 valence electrons. The van der Waals surface area contributed by atoms with Crippen molar-refractivity contribution in [3.8, 4) is 11.8 Å². The number of hydrogen-bond acceptors (Lipinski definition) is 8. The van der Waals surface area contributed by atoms with Gasteiger partial charge in [0, 0.05) is 37.0 Å². The van der Waals surface area contributed by atoms with Crippen LogP contribution in [0.1, 0.15) is 36.8 Å². The Morgan fingerprint density at radius 2 is 2.06 bits per heavy atom. The van der Waals surface area contributed by atoms with Crippen LogP contribution in [-0.4, -0.2) is 94.1 Å². The summed E-state index contributed by atoms with van der Waals surface area (Å²) in [6.45, 7) is 6.90. The lowest BCUT2D eigenvalue weighted by Crippen LogP contribution is -2.43. The van der Waals surface area contributed by atoms with Gasteiger partial charge in [0.15, 0.2) is 5.82 Å². The molecule has 0 amide bonds. The van der Waals surface area contributed by atoms with Crippen LogP contribution in [0.5, 0.6) is 6.01 Å². The van der Waals surface area contributed by atoms with Crippen LogP contribution in [0.25, 0.3) is 16.7 Å². The van der Waals surface area contributed by atoms with Gasteiger partial charge in [0.25, 0.3) is 0 Å². The van der Waals surface area contributed by atoms with Crippen molar-refractivity contribution >= 4 is 16.7 Å². The van der Waals surface area contributed by atoms with E-state index >= 15 is 4.39 Å². The molecule has 10 heteroatoms. The maximum absolute atomic E-state index is 15.4. The molecule has 3 aliphatic rings. The summed E-state index contributed by atoms with van der Waals surface area (Å²) in [6.07, 6.45) is 2.33. The fraction of sp³-hybridized carbons (Fsp3) is 0.577. The molecule has 3 fully saturated rings. The number of anilines is 1. The van der Waals surface area contributed by atoms with Crippen molar-refractivity contribution in [2.24, 2.45) is 0 Å². The number of aliphatic hydroxyl groups is 1. The summed E-state index contributed by atoms with van der Waals surface area (Å²) in [5.41, 5.74) is 2.95. The zero-order valence-electron chi connectivity index (χ0n) is 21.0. The molecule has 9 nitrogen and oxygen atoms in total. The van der Waals surface area contributed by atoms with Gasteiger partial charge < -0.3 is 19.5 Å². The van der Waals surface area contributed by atoms with E-state index in [9.17, 15) is 5.11 Å². The van der Waals surface area contributed by atoms with Gasteiger partial charge in [-0.1, -0.05) is 0 Å². The summed E-state index contributed by atoms with van der Waals surface area (Å²) in [5.74, 6) is 1.23. The molecule has 5 heterocycles. The van der Waals surface area contributed by atoms with E-state index in [2.05, 4.69) is 32.1 Å². The van der Waals surface area contributed by atoms with Gasteiger partial charge >= 0.3 is 6.01 Å². The zero-order valence-corrected chi connectivity index (χ0v) is 21.0. The third-order valence-corrected chi connectivity index (χ3v) is 7.78. The molecule has 2 bridgehead atoms. The number of morpholine rings is 1. The molecule has 2 aromatic heterocycles. The molecular weight excluding hydrogens is 463 g/mol. The van der Waals surface area contributed by atoms with Crippen molar-refractivity contribution in [1.82, 2.24) is 24.6 Å². The lowest BCUT2D eigenvalue weighted by molar-refractivity contribution is 0.0709. The number of aryl methyl sites for hydroxylation is 1. The van der Waals surface area contributed by atoms with Gasteiger partial charge in [-0.2, -0.15) is 15.1 Å². The second-order valence-electron chi connectivity index (χ2n) is 10.4. The number of benzene rings is 1. The van der Waals surface area contributed by atoms with Gasteiger partial charge in [0.05, 0.1) is 43.7 Å². The van der Waals surface area contributed by atoms with Gasteiger partial charge in [-0.05, 0) is 56.5 Å². The number of nitrogens with zero attached hydrogens (tertiary/aromatic N) is 6. The third-order valence-electron chi connectivity index (χ3n) is 7.78. The van der Waals surface area contributed by atoms with E-state index in [4.69, 9.17) is 9.47 Å². The minimum atomic E-state index is -0.997. The average Bonchev–Trinajstić information content (AvgIpc) is 3.59. The summed E-state index contributed by atoms with van der Waals surface area (Å²) in [4.78, 5) is 13.5. The zero-order chi connectivity index (χ0) is 25.0. The lowest BCUT2D eigenvalue weighted by atomic mass is 9.85. The van der Waals surface area contributed by atoms with Gasteiger partial charge in [0.2, 0.25) is 0 Å².